The van der Waals surface area contributed by atoms with Crippen LogP contribution in [0, 0.1) is 16.0 Å². The molecule has 0 aromatic heterocycles. The quantitative estimate of drug-likeness (QED) is 0.548. The first-order valence-electron chi connectivity index (χ1n) is 8.79. The fraction of sp³-hybridized carbons (Fsp3) is 0.316. The molecule has 1 aliphatic rings. The van der Waals surface area contributed by atoms with Gasteiger partial charge in [0.05, 0.1) is 14.8 Å². The summed E-state index contributed by atoms with van der Waals surface area (Å²) < 4.78 is 25.8. The van der Waals surface area contributed by atoms with Crippen molar-refractivity contribution in [3.8, 4) is 0 Å². The van der Waals surface area contributed by atoms with Crippen molar-refractivity contribution in [2.45, 2.75) is 29.6 Å². The third-order valence-corrected chi connectivity index (χ3v) is 7.06. The van der Waals surface area contributed by atoms with Gasteiger partial charge in [-0.05, 0) is 43.0 Å². The fourth-order valence-corrected chi connectivity index (χ4v) is 5.27. The van der Waals surface area contributed by atoms with Gasteiger partial charge in [0, 0.05) is 24.7 Å². The maximum absolute atomic E-state index is 12.9. The van der Waals surface area contributed by atoms with Crippen molar-refractivity contribution in [3.05, 3.63) is 63.2 Å². The number of amides is 1. The molecule has 1 heterocycles. The van der Waals surface area contributed by atoms with Crippen LogP contribution in [0.3, 0.4) is 0 Å². The Morgan fingerprint density at radius 2 is 1.93 bits per heavy atom. The number of likely N-dealkylation sites (tertiary alicyclic amines) is 1. The lowest BCUT2D eigenvalue weighted by Crippen LogP contribution is -2.39. The molecule has 1 atom stereocenters. The van der Waals surface area contributed by atoms with E-state index < -0.39 is 25.3 Å². The molecule has 0 radical (unpaired) electrons. The van der Waals surface area contributed by atoms with Gasteiger partial charge in [-0.25, -0.2) is 8.42 Å². The maximum Gasteiger partial charge on any atom is 0.289 e. The minimum absolute atomic E-state index is 0.0285. The molecule has 0 spiro atoms. The van der Waals surface area contributed by atoms with E-state index in [9.17, 15) is 23.3 Å². The molecule has 7 nitrogen and oxygen atoms in total. The van der Waals surface area contributed by atoms with Crippen molar-refractivity contribution in [2.75, 3.05) is 13.1 Å². The van der Waals surface area contributed by atoms with Crippen molar-refractivity contribution in [2.24, 2.45) is 5.92 Å². The average Bonchev–Trinajstić information content (AvgIpc) is 2.67. The standard InChI is InChI=1S/C19H19ClN2O5S/c1-13-5-4-10-21(12-13)19(23)14-8-9-18(16(11-14)22(24)25)28(26,27)17-7-3-2-6-15(17)20/h2-3,6-9,11,13H,4-5,10,12H2,1H3/t13-/m1/s1. The predicted molar refractivity (Wildman–Crippen MR) is 104 cm³/mol. The molecule has 1 aliphatic heterocycles. The summed E-state index contributed by atoms with van der Waals surface area (Å²) in [6.07, 6.45) is 1.90. The minimum atomic E-state index is -4.22. The first kappa shape index (κ1) is 20.3. The summed E-state index contributed by atoms with van der Waals surface area (Å²) in [4.78, 5) is 24.5. The zero-order valence-corrected chi connectivity index (χ0v) is 16.7. The van der Waals surface area contributed by atoms with Gasteiger partial charge in [-0.1, -0.05) is 30.7 Å². The van der Waals surface area contributed by atoms with Crippen LogP contribution in [0.2, 0.25) is 5.02 Å². The topological polar surface area (TPSA) is 97.6 Å². The van der Waals surface area contributed by atoms with E-state index in [4.69, 9.17) is 11.6 Å². The van der Waals surface area contributed by atoms with E-state index in [1.807, 2.05) is 6.92 Å². The van der Waals surface area contributed by atoms with Crippen LogP contribution in [0.5, 0.6) is 0 Å². The van der Waals surface area contributed by atoms with Crippen molar-refractivity contribution >= 4 is 33.0 Å². The number of rotatable bonds is 4. The summed E-state index contributed by atoms with van der Waals surface area (Å²) in [5.74, 6) is 0.0175. The second-order valence-electron chi connectivity index (χ2n) is 6.87. The largest absolute Gasteiger partial charge is 0.338 e. The summed E-state index contributed by atoms with van der Waals surface area (Å²) >= 11 is 5.98. The van der Waals surface area contributed by atoms with Crippen molar-refractivity contribution in [1.82, 2.24) is 4.90 Å². The Balaban J connectivity index is 2.04. The van der Waals surface area contributed by atoms with E-state index in [1.54, 1.807) is 11.0 Å². The second kappa shape index (κ2) is 7.89. The van der Waals surface area contributed by atoms with Crippen molar-refractivity contribution in [1.29, 1.82) is 0 Å². The number of sulfone groups is 1. The lowest BCUT2D eigenvalue weighted by Gasteiger charge is -2.31. The van der Waals surface area contributed by atoms with E-state index >= 15 is 0 Å². The van der Waals surface area contributed by atoms with Gasteiger partial charge in [0.25, 0.3) is 11.6 Å². The van der Waals surface area contributed by atoms with Crippen LogP contribution >= 0.6 is 11.6 Å². The van der Waals surface area contributed by atoms with E-state index in [0.29, 0.717) is 19.0 Å². The minimum Gasteiger partial charge on any atom is -0.338 e. The third-order valence-electron chi connectivity index (χ3n) is 4.76. The zero-order valence-electron chi connectivity index (χ0n) is 15.2. The smallest absolute Gasteiger partial charge is 0.289 e. The molecular formula is C19H19ClN2O5S. The monoisotopic (exact) mass is 422 g/mol. The fourth-order valence-electron chi connectivity index (χ4n) is 3.36. The van der Waals surface area contributed by atoms with Crippen LogP contribution in [0.15, 0.2) is 52.3 Å². The summed E-state index contributed by atoms with van der Waals surface area (Å²) in [5.41, 5.74) is -0.547. The Kier molecular flexibility index (Phi) is 5.71. The molecule has 0 N–H and O–H groups in total. The number of halogens is 1. The number of benzene rings is 2. The highest BCUT2D eigenvalue weighted by molar-refractivity contribution is 7.91. The Bertz CT molecular complexity index is 1040. The van der Waals surface area contributed by atoms with Crippen LogP contribution in [-0.2, 0) is 9.84 Å². The lowest BCUT2D eigenvalue weighted by molar-refractivity contribution is -0.387. The molecule has 1 amide bonds. The van der Waals surface area contributed by atoms with Crippen LogP contribution in [0.4, 0.5) is 5.69 Å². The zero-order chi connectivity index (χ0) is 20.5. The highest BCUT2D eigenvalue weighted by Gasteiger charge is 2.31. The first-order chi connectivity index (χ1) is 13.2. The number of carbonyl (C=O) groups is 1. The van der Waals surface area contributed by atoms with Crippen LogP contribution in [-0.4, -0.2) is 37.2 Å². The molecule has 1 saturated heterocycles. The molecule has 3 rings (SSSR count). The van der Waals surface area contributed by atoms with Gasteiger partial charge in [0.15, 0.2) is 0 Å². The van der Waals surface area contributed by atoms with Crippen molar-refractivity contribution in [3.63, 3.8) is 0 Å². The van der Waals surface area contributed by atoms with Crippen molar-refractivity contribution < 1.29 is 18.1 Å². The molecule has 2 aromatic rings. The average molecular weight is 423 g/mol. The van der Waals surface area contributed by atoms with Gasteiger partial charge in [-0.3, -0.25) is 14.9 Å². The highest BCUT2D eigenvalue weighted by Crippen LogP contribution is 2.33. The number of hydrogen-bond acceptors (Lipinski definition) is 5. The predicted octanol–water partition coefficient (Wildman–Crippen LogP) is 3.95. The van der Waals surface area contributed by atoms with E-state index in [-0.39, 0.29) is 21.4 Å². The van der Waals surface area contributed by atoms with Crippen LogP contribution in [0.25, 0.3) is 0 Å². The number of piperidine rings is 1. The Morgan fingerprint density at radius 1 is 1.21 bits per heavy atom. The van der Waals surface area contributed by atoms with Gasteiger partial charge in [-0.2, -0.15) is 0 Å². The maximum atomic E-state index is 12.9. The SMILES string of the molecule is C[C@@H]1CCCN(C(=O)c2ccc(S(=O)(=O)c3ccccc3Cl)c([N+](=O)[O-])c2)C1. The summed E-state index contributed by atoms with van der Waals surface area (Å²) in [6.45, 7) is 3.20. The van der Waals surface area contributed by atoms with Gasteiger partial charge in [0.1, 0.15) is 4.90 Å². The summed E-state index contributed by atoms with van der Waals surface area (Å²) in [6, 6.07) is 9.20. The number of nitro benzene ring substituents is 1. The molecule has 9 heteroatoms. The molecule has 0 aliphatic carbocycles. The molecule has 0 unspecified atom stereocenters. The first-order valence-corrected chi connectivity index (χ1v) is 10.6. The number of nitrogens with zero attached hydrogens (tertiary/aromatic N) is 2. The molecule has 148 valence electrons. The van der Waals surface area contributed by atoms with E-state index in [0.717, 1.165) is 25.0 Å². The summed E-state index contributed by atoms with van der Waals surface area (Å²) in [7, 11) is -4.22. The van der Waals surface area contributed by atoms with E-state index in [1.165, 1.54) is 24.3 Å². The molecule has 0 bridgehead atoms. The Hall–Kier alpha value is -2.45. The molecule has 28 heavy (non-hydrogen) atoms. The Labute approximate surface area is 168 Å². The van der Waals surface area contributed by atoms with Crippen LogP contribution in [0.1, 0.15) is 30.1 Å². The molecule has 0 saturated carbocycles. The highest BCUT2D eigenvalue weighted by atomic mass is 35.5. The second-order valence-corrected chi connectivity index (χ2v) is 9.17. The van der Waals surface area contributed by atoms with Gasteiger partial charge >= 0.3 is 0 Å². The normalized spacial score (nSPS) is 17.4. The lowest BCUT2D eigenvalue weighted by atomic mass is 9.99. The molecule has 1 fully saturated rings. The Morgan fingerprint density at radius 3 is 2.57 bits per heavy atom. The summed E-state index contributed by atoms with van der Waals surface area (Å²) in [5, 5.41) is 11.5. The number of carbonyl (C=O) groups excluding carboxylic acids is 1. The molecule has 2 aromatic carbocycles. The van der Waals surface area contributed by atoms with Crippen LogP contribution < -0.4 is 0 Å². The van der Waals surface area contributed by atoms with Gasteiger partial charge in [-0.15, -0.1) is 0 Å². The number of nitro groups is 1. The molecular weight excluding hydrogens is 404 g/mol. The number of hydrogen-bond donors (Lipinski definition) is 0. The van der Waals surface area contributed by atoms with Gasteiger partial charge in [0.2, 0.25) is 9.84 Å². The van der Waals surface area contributed by atoms with Gasteiger partial charge < -0.3 is 4.90 Å². The third kappa shape index (κ3) is 3.88. The van der Waals surface area contributed by atoms with E-state index in [2.05, 4.69) is 0 Å².